The van der Waals surface area contributed by atoms with Crippen molar-refractivity contribution >= 4 is 17.4 Å². The van der Waals surface area contributed by atoms with Gasteiger partial charge in [-0.1, -0.05) is 26.0 Å². The molecule has 0 saturated heterocycles. The van der Waals surface area contributed by atoms with Crippen LogP contribution in [-0.4, -0.2) is 25.0 Å². The minimum atomic E-state index is -0.127. The predicted octanol–water partition coefficient (Wildman–Crippen LogP) is 3.52. The second-order valence-corrected chi connectivity index (χ2v) is 5.53. The van der Waals surface area contributed by atoms with Gasteiger partial charge in [0.2, 0.25) is 0 Å². The fourth-order valence-corrected chi connectivity index (χ4v) is 1.96. The smallest absolute Gasteiger partial charge is 0.255 e. The summed E-state index contributed by atoms with van der Waals surface area (Å²) in [6.07, 6.45) is 1.64. The van der Waals surface area contributed by atoms with Gasteiger partial charge in [-0.15, -0.1) is 0 Å². The molecule has 0 atom stereocenters. The van der Waals surface area contributed by atoms with Gasteiger partial charge in [0.1, 0.15) is 5.82 Å². The van der Waals surface area contributed by atoms with Gasteiger partial charge in [-0.3, -0.25) is 4.79 Å². The highest BCUT2D eigenvalue weighted by atomic mass is 16.1. The summed E-state index contributed by atoms with van der Waals surface area (Å²) in [6.45, 7) is 4.29. The van der Waals surface area contributed by atoms with E-state index in [9.17, 15) is 4.79 Å². The van der Waals surface area contributed by atoms with Crippen molar-refractivity contribution in [1.82, 2.24) is 4.98 Å². The molecule has 2 aromatic rings. The van der Waals surface area contributed by atoms with E-state index in [0.717, 1.165) is 11.5 Å². The molecule has 4 nitrogen and oxygen atoms in total. The van der Waals surface area contributed by atoms with Crippen molar-refractivity contribution in [3.63, 3.8) is 0 Å². The van der Waals surface area contributed by atoms with E-state index in [4.69, 9.17) is 0 Å². The van der Waals surface area contributed by atoms with Crippen LogP contribution in [0.1, 0.15) is 35.7 Å². The molecule has 1 N–H and O–H groups in total. The normalized spacial score (nSPS) is 10.5. The van der Waals surface area contributed by atoms with Crippen LogP contribution in [0, 0.1) is 0 Å². The summed E-state index contributed by atoms with van der Waals surface area (Å²) < 4.78 is 0. The third-order valence-corrected chi connectivity index (χ3v) is 3.30. The molecule has 0 unspecified atom stereocenters. The summed E-state index contributed by atoms with van der Waals surface area (Å²) in [4.78, 5) is 18.3. The third-order valence-electron chi connectivity index (χ3n) is 3.30. The summed E-state index contributed by atoms with van der Waals surface area (Å²) in [5, 5.41) is 2.91. The van der Waals surface area contributed by atoms with Crippen LogP contribution in [0.4, 0.5) is 11.5 Å². The van der Waals surface area contributed by atoms with Crippen LogP contribution in [0.3, 0.4) is 0 Å². The maximum Gasteiger partial charge on any atom is 0.255 e. The molecule has 1 amide bonds. The Bertz CT molecular complexity index is 618. The first-order valence-electron chi connectivity index (χ1n) is 7.02. The minimum Gasteiger partial charge on any atom is -0.363 e. The van der Waals surface area contributed by atoms with E-state index in [1.165, 1.54) is 5.56 Å². The van der Waals surface area contributed by atoms with Crippen LogP contribution in [0.15, 0.2) is 42.6 Å². The van der Waals surface area contributed by atoms with Gasteiger partial charge in [-0.2, -0.15) is 0 Å². The third kappa shape index (κ3) is 3.81. The van der Waals surface area contributed by atoms with Gasteiger partial charge in [-0.05, 0) is 35.7 Å². The molecule has 4 heteroatoms. The molecule has 0 aliphatic heterocycles. The summed E-state index contributed by atoms with van der Waals surface area (Å²) in [7, 11) is 3.79. The molecule has 1 heterocycles. The molecule has 0 fully saturated rings. The first-order chi connectivity index (χ1) is 9.97. The lowest BCUT2D eigenvalue weighted by atomic mass is 10.0. The molecular formula is C17H21N3O. The number of pyridine rings is 1. The SMILES string of the molecule is CC(C)c1ccc(NC(=O)c2ccnc(N(C)C)c2)cc1. The molecule has 1 aromatic heterocycles. The van der Waals surface area contributed by atoms with Gasteiger partial charge >= 0.3 is 0 Å². The van der Waals surface area contributed by atoms with Crippen molar-refractivity contribution in [1.29, 1.82) is 0 Å². The number of carbonyl (C=O) groups is 1. The fourth-order valence-electron chi connectivity index (χ4n) is 1.96. The lowest BCUT2D eigenvalue weighted by Gasteiger charge is -2.12. The number of anilines is 2. The highest BCUT2D eigenvalue weighted by Crippen LogP contribution is 2.18. The summed E-state index contributed by atoms with van der Waals surface area (Å²) in [5.41, 5.74) is 2.65. The van der Waals surface area contributed by atoms with E-state index in [0.29, 0.717) is 11.5 Å². The largest absolute Gasteiger partial charge is 0.363 e. The quantitative estimate of drug-likeness (QED) is 0.933. The predicted molar refractivity (Wildman–Crippen MR) is 87.0 cm³/mol. The highest BCUT2D eigenvalue weighted by molar-refractivity contribution is 6.04. The maximum absolute atomic E-state index is 12.3. The second kappa shape index (κ2) is 6.39. The topological polar surface area (TPSA) is 45.2 Å². The van der Waals surface area contributed by atoms with Crippen LogP contribution in [-0.2, 0) is 0 Å². The molecule has 110 valence electrons. The van der Waals surface area contributed by atoms with Crippen molar-refractivity contribution in [3.8, 4) is 0 Å². The molecule has 21 heavy (non-hydrogen) atoms. The Morgan fingerprint density at radius 3 is 2.38 bits per heavy atom. The van der Waals surface area contributed by atoms with E-state index >= 15 is 0 Å². The molecule has 0 bridgehead atoms. The Morgan fingerprint density at radius 2 is 1.81 bits per heavy atom. The van der Waals surface area contributed by atoms with Crippen molar-refractivity contribution < 1.29 is 4.79 Å². The number of hydrogen-bond donors (Lipinski definition) is 1. The van der Waals surface area contributed by atoms with Gasteiger partial charge in [0, 0.05) is 31.5 Å². The Hall–Kier alpha value is -2.36. The monoisotopic (exact) mass is 283 g/mol. The second-order valence-electron chi connectivity index (χ2n) is 5.53. The molecule has 0 radical (unpaired) electrons. The van der Waals surface area contributed by atoms with Crippen molar-refractivity contribution in [2.24, 2.45) is 0 Å². The Morgan fingerprint density at radius 1 is 1.14 bits per heavy atom. The van der Waals surface area contributed by atoms with Crippen LogP contribution in [0.2, 0.25) is 0 Å². The lowest BCUT2D eigenvalue weighted by molar-refractivity contribution is 0.102. The fraction of sp³-hybridized carbons (Fsp3) is 0.294. The number of carbonyl (C=O) groups excluding carboxylic acids is 1. The summed E-state index contributed by atoms with van der Waals surface area (Å²) >= 11 is 0. The van der Waals surface area contributed by atoms with Gasteiger partial charge in [0.15, 0.2) is 0 Å². The molecule has 0 aliphatic rings. The first kappa shape index (κ1) is 15.0. The highest BCUT2D eigenvalue weighted by Gasteiger charge is 2.08. The maximum atomic E-state index is 12.3. The van der Waals surface area contributed by atoms with Crippen LogP contribution in [0.5, 0.6) is 0 Å². The zero-order chi connectivity index (χ0) is 15.4. The van der Waals surface area contributed by atoms with Crippen LogP contribution < -0.4 is 10.2 Å². The summed E-state index contributed by atoms with van der Waals surface area (Å²) in [5.74, 6) is 1.12. The van der Waals surface area contributed by atoms with Crippen LogP contribution in [0.25, 0.3) is 0 Å². The van der Waals surface area contributed by atoms with Gasteiger partial charge < -0.3 is 10.2 Å². The minimum absolute atomic E-state index is 0.127. The zero-order valence-corrected chi connectivity index (χ0v) is 12.9. The van der Waals surface area contributed by atoms with Crippen molar-refractivity contribution in [2.45, 2.75) is 19.8 Å². The Labute approximate surface area is 125 Å². The molecule has 2 rings (SSSR count). The van der Waals surface area contributed by atoms with Gasteiger partial charge in [0.25, 0.3) is 5.91 Å². The Kier molecular flexibility index (Phi) is 4.58. The van der Waals surface area contributed by atoms with Crippen LogP contribution >= 0.6 is 0 Å². The number of rotatable bonds is 4. The number of benzene rings is 1. The van der Waals surface area contributed by atoms with E-state index in [-0.39, 0.29) is 5.91 Å². The van der Waals surface area contributed by atoms with E-state index < -0.39 is 0 Å². The molecule has 0 spiro atoms. The Balaban J connectivity index is 2.12. The number of nitrogens with zero attached hydrogens (tertiary/aromatic N) is 2. The number of hydrogen-bond acceptors (Lipinski definition) is 3. The standard InChI is InChI=1S/C17H21N3O/c1-12(2)13-5-7-15(8-6-13)19-17(21)14-9-10-18-16(11-14)20(3)4/h5-12H,1-4H3,(H,19,21). The first-order valence-corrected chi connectivity index (χ1v) is 7.02. The number of nitrogens with one attached hydrogen (secondary N) is 1. The average Bonchev–Trinajstić information content (AvgIpc) is 2.48. The lowest BCUT2D eigenvalue weighted by Crippen LogP contribution is -2.15. The van der Waals surface area contributed by atoms with E-state index in [1.54, 1.807) is 18.3 Å². The van der Waals surface area contributed by atoms with Crippen molar-refractivity contribution in [3.05, 3.63) is 53.7 Å². The number of aromatic nitrogens is 1. The van der Waals surface area contributed by atoms with Gasteiger partial charge in [0.05, 0.1) is 0 Å². The zero-order valence-electron chi connectivity index (χ0n) is 12.9. The van der Waals surface area contributed by atoms with E-state index in [2.05, 4.69) is 24.1 Å². The number of amides is 1. The van der Waals surface area contributed by atoms with Gasteiger partial charge in [-0.25, -0.2) is 4.98 Å². The molecule has 0 saturated carbocycles. The van der Waals surface area contributed by atoms with Crippen molar-refractivity contribution in [2.75, 3.05) is 24.3 Å². The van der Waals surface area contributed by atoms with E-state index in [1.807, 2.05) is 43.3 Å². The molecular weight excluding hydrogens is 262 g/mol. The summed E-state index contributed by atoms with van der Waals surface area (Å²) in [6, 6.07) is 11.4. The molecule has 0 aliphatic carbocycles. The average molecular weight is 283 g/mol. The molecule has 1 aromatic carbocycles.